The van der Waals surface area contributed by atoms with Gasteiger partial charge in [-0.25, -0.2) is 19.0 Å². The smallest absolute Gasteiger partial charge is 0.407 e. The zero-order valence-electron chi connectivity index (χ0n) is 41.4. The molecule has 0 saturated heterocycles. The minimum absolute atomic E-state index is 0.0974. The Morgan fingerprint density at radius 2 is 0.895 bits per heavy atom. The maximum atomic E-state index is 14.0. The molecule has 0 unspecified atom stereocenters. The molecular formula is C52H58N14O10. The van der Waals surface area contributed by atoms with Crippen LogP contribution in [-0.4, -0.2) is 116 Å². The van der Waals surface area contributed by atoms with Gasteiger partial charge in [0.2, 0.25) is 23.6 Å². The molecule has 0 spiro atoms. The quantitative estimate of drug-likeness (QED) is 0.0727. The van der Waals surface area contributed by atoms with Crippen LogP contribution in [-0.2, 0) is 55.0 Å². The van der Waals surface area contributed by atoms with E-state index < -0.39 is 72.8 Å². The molecule has 1 aliphatic heterocycles. The van der Waals surface area contributed by atoms with E-state index in [1.807, 2.05) is 60.7 Å². The average Bonchev–Trinajstić information content (AvgIpc) is 4.14. The predicted molar refractivity (Wildman–Crippen MR) is 272 cm³/mol. The van der Waals surface area contributed by atoms with E-state index in [0.717, 1.165) is 11.1 Å². The number of amides is 8. The second-order valence-electron chi connectivity index (χ2n) is 17.4. The normalized spacial score (nSPS) is 15.8. The van der Waals surface area contributed by atoms with Gasteiger partial charge in [-0.1, -0.05) is 95.4 Å². The van der Waals surface area contributed by atoms with Crippen LogP contribution >= 0.6 is 0 Å². The van der Waals surface area contributed by atoms with Gasteiger partial charge in [0.15, 0.2) is 0 Å². The third-order valence-corrected chi connectivity index (χ3v) is 11.7. The summed E-state index contributed by atoms with van der Waals surface area (Å²) in [5.41, 5.74) is 3.13. The van der Waals surface area contributed by atoms with Crippen LogP contribution in [0.25, 0.3) is 11.4 Å². The van der Waals surface area contributed by atoms with Gasteiger partial charge in [0.05, 0.1) is 61.1 Å². The molecule has 24 nitrogen and oxygen atoms in total. The van der Waals surface area contributed by atoms with Crippen LogP contribution in [0.1, 0.15) is 81.8 Å². The number of ether oxygens (including phenoxy) is 2. The fourth-order valence-corrected chi connectivity index (χ4v) is 7.70. The first kappa shape index (κ1) is 54.3. The molecule has 6 aromatic rings. The molecule has 396 valence electrons. The van der Waals surface area contributed by atoms with E-state index in [4.69, 9.17) is 9.47 Å². The number of rotatable bonds is 14. The lowest BCUT2D eigenvalue weighted by Gasteiger charge is -2.19. The molecule has 4 bridgehead atoms. The zero-order chi connectivity index (χ0) is 53.5. The molecule has 1 aliphatic rings. The van der Waals surface area contributed by atoms with Crippen molar-refractivity contribution < 1.29 is 47.8 Å². The van der Waals surface area contributed by atoms with Crippen LogP contribution in [0.3, 0.4) is 0 Å². The Bertz CT molecular complexity index is 2750. The molecule has 4 aromatic carbocycles. The van der Waals surface area contributed by atoms with Crippen LogP contribution in [0, 0.1) is 0 Å². The number of hydrogen-bond acceptors (Lipinski definition) is 14. The van der Waals surface area contributed by atoms with Crippen LogP contribution in [0.4, 0.5) is 9.59 Å². The summed E-state index contributed by atoms with van der Waals surface area (Å²) in [6.45, 7) is -0.489. The Labute approximate surface area is 436 Å². The highest BCUT2D eigenvalue weighted by Crippen LogP contribution is 2.17. The Kier molecular flexibility index (Phi) is 20.1. The van der Waals surface area contributed by atoms with Crippen molar-refractivity contribution in [1.29, 1.82) is 0 Å². The molecule has 8 N–H and O–H groups in total. The lowest BCUT2D eigenvalue weighted by atomic mass is 10.1. The summed E-state index contributed by atoms with van der Waals surface area (Å²) >= 11 is 0. The summed E-state index contributed by atoms with van der Waals surface area (Å²) in [6.07, 6.45) is 3.66. The summed E-state index contributed by atoms with van der Waals surface area (Å²) in [5.74, 6) is -3.71. The minimum Gasteiger partial charge on any atom is -0.445 e. The molecule has 76 heavy (non-hydrogen) atoms. The first-order valence-corrected chi connectivity index (χ1v) is 24.6. The number of carbonyl (C=O) groups excluding carboxylic acids is 8. The molecule has 7 rings (SSSR count). The summed E-state index contributed by atoms with van der Waals surface area (Å²) < 4.78 is 13.2. The van der Waals surface area contributed by atoms with Crippen LogP contribution in [0.2, 0.25) is 0 Å². The summed E-state index contributed by atoms with van der Waals surface area (Å²) in [4.78, 5) is 106. The van der Waals surface area contributed by atoms with Crippen molar-refractivity contribution in [2.45, 2.75) is 76.9 Å². The van der Waals surface area contributed by atoms with Gasteiger partial charge >= 0.3 is 12.2 Å². The number of aromatic nitrogens is 6. The number of alkyl carbamates (subject to hydrolysis) is 2. The fourth-order valence-electron chi connectivity index (χ4n) is 7.70. The van der Waals surface area contributed by atoms with Crippen LogP contribution in [0.15, 0.2) is 122 Å². The van der Waals surface area contributed by atoms with Crippen molar-refractivity contribution in [3.8, 4) is 11.4 Å². The average molecular weight is 1040 g/mol. The molecule has 2 atom stereocenters. The molecule has 24 heteroatoms. The number of benzene rings is 4. The first-order chi connectivity index (χ1) is 37.0. The number of unbranched alkanes of at least 4 members (excludes halogenated alkanes) is 2. The number of fused-ring (bicyclic) bond motifs is 8. The highest BCUT2D eigenvalue weighted by molar-refractivity contribution is 6.01. The van der Waals surface area contributed by atoms with Gasteiger partial charge in [-0.05, 0) is 73.9 Å². The van der Waals surface area contributed by atoms with Gasteiger partial charge in [-0.3, -0.25) is 28.8 Å². The van der Waals surface area contributed by atoms with Gasteiger partial charge in [-0.2, -0.15) is 0 Å². The molecule has 2 aromatic heterocycles. The van der Waals surface area contributed by atoms with Gasteiger partial charge in [0.1, 0.15) is 36.7 Å². The monoisotopic (exact) mass is 1040 g/mol. The van der Waals surface area contributed by atoms with E-state index >= 15 is 0 Å². The number of hydrogen-bond donors (Lipinski definition) is 8. The van der Waals surface area contributed by atoms with Crippen LogP contribution in [0.5, 0.6) is 0 Å². The Balaban J connectivity index is 1.02. The molecule has 0 aliphatic carbocycles. The number of para-hydroxylation sites is 2. The van der Waals surface area contributed by atoms with E-state index in [1.165, 1.54) is 33.9 Å². The second-order valence-corrected chi connectivity index (χ2v) is 17.4. The van der Waals surface area contributed by atoms with Crippen molar-refractivity contribution in [2.24, 2.45) is 0 Å². The number of carbonyl (C=O) groups is 8. The molecule has 0 radical (unpaired) electrons. The van der Waals surface area contributed by atoms with Gasteiger partial charge in [0, 0.05) is 13.1 Å². The van der Waals surface area contributed by atoms with Crippen LogP contribution < -0.4 is 42.5 Å². The molecule has 8 amide bonds. The topological polar surface area (TPSA) is 313 Å². The number of nitrogens with zero attached hydrogens (tertiary/aromatic N) is 6. The maximum absolute atomic E-state index is 14.0. The van der Waals surface area contributed by atoms with Gasteiger partial charge in [-0.15, -0.1) is 10.2 Å². The van der Waals surface area contributed by atoms with E-state index in [9.17, 15) is 38.4 Å². The van der Waals surface area contributed by atoms with E-state index in [2.05, 4.69) is 63.2 Å². The Morgan fingerprint density at radius 3 is 1.32 bits per heavy atom. The molecule has 0 saturated carbocycles. The van der Waals surface area contributed by atoms with Crippen molar-refractivity contribution in [3.63, 3.8) is 0 Å². The Morgan fingerprint density at radius 1 is 0.500 bits per heavy atom. The van der Waals surface area contributed by atoms with Crippen molar-refractivity contribution in [3.05, 3.63) is 155 Å². The maximum Gasteiger partial charge on any atom is 0.407 e. The second kappa shape index (κ2) is 28.1. The van der Waals surface area contributed by atoms with Crippen molar-refractivity contribution in [2.75, 3.05) is 26.2 Å². The van der Waals surface area contributed by atoms with E-state index in [-0.39, 0.29) is 63.4 Å². The molecule has 0 fully saturated rings. The fraction of sp³-hybridized carbons (Fsp3) is 0.308. The highest BCUT2D eigenvalue weighted by Gasteiger charge is 2.26. The SMILES string of the molecule is O=C1CNC(=O)[C@H](CCCCNC(=O)OCc2ccccc2)NC(=O)c2ccccc2-n2cc(nn2)CNC(=O)CNC(=O)[C@H](CCCCNC(=O)OCc2ccccc2)NC(=O)c2ccccc2-n2cc(nn2)CN1. The van der Waals surface area contributed by atoms with E-state index in [0.29, 0.717) is 48.4 Å². The molecule has 3 heterocycles. The Hall–Kier alpha value is -9.48. The lowest BCUT2D eigenvalue weighted by Crippen LogP contribution is -2.49. The zero-order valence-corrected chi connectivity index (χ0v) is 41.4. The third-order valence-electron chi connectivity index (χ3n) is 11.7. The van der Waals surface area contributed by atoms with Crippen molar-refractivity contribution >= 4 is 47.6 Å². The summed E-state index contributed by atoms with van der Waals surface area (Å²) in [7, 11) is 0. The predicted octanol–water partition coefficient (Wildman–Crippen LogP) is 2.42. The summed E-state index contributed by atoms with van der Waals surface area (Å²) in [5, 5.41) is 38.1. The number of nitrogens with one attached hydrogen (secondary N) is 8. The highest BCUT2D eigenvalue weighted by atomic mass is 16.6. The lowest BCUT2D eigenvalue weighted by molar-refractivity contribution is -0.127. The standard InChI is InChI=1S/C52H58N14O10/c67-45-29-57-49(71)41(21-11-13-25-53-51(73)75-33-35-15-3-1-4-16-35)59-47(69)39-19-7-9-23-43(39)65-31-38(61-63-65)28-56-46(68)30-58-50(72)42(22-12-14-26-54-52(74)76-34-36-17-5-2-6-18-36)60-48(70)40-20-8-10-24-44(40)66-32-37(27-55-45)62-64-66/h1-10,15-20,23-24,31-32,41-42H,11-14,21-22,25-30,33-34H2,(H,53,73)(H,54,74)(H,55,67)(H,56,68)(H,57,71)(H,58,72)(H,59,69)(H,60,70)/t41-,42-/m0/s1. The molecular weight excluding hydrogens is 981 g/mol. The van der Waals surface area contributed by atoms with Gasteiger partial charge in [0.25, 0.3) is 11.8 Å². The first-order valence-electron chi connectivity index (χ1n) is 24.6. The summed E-state index contributed by atoms with van der Waals surface area (Å²) in [6, 6.07) is 29.1. The minimum atomic E-state index is -1.12. The van der Waals surface area contributed by atoms with E-state index in [1.54, 1.807) is 36.4 Å². The van der Waals surface area contributed by atoms with Gasteiger partial charge < -0.3 is 52.0 Å². The largest absolute Gasteiger partial charge is 0.445 e. The third kappa shape index (κ3) is 16.8. The van der Waals surface area contributed by atoms with Crippen molar-refractivity contribution in [1.82, 2.24) is 72.5 Å².